The summed E-state index contributed by atoms with van der Waals surface area (Å²) in [6, 6.07) is 6.05. The average molecular weight is 338 g/mol. The first-order valence-corrected chi connectivity index (χ1v) is 8.22. The first kappa shape index (κ1) is 17.1. The number of benzene rings is 1. The molecule has 0 spiro atoms. The zero-order chi connectivity index (χ0) is 16.8. The standard InChI is InChI=1S/C15H18N2O5S/c1-2-22-10-5-3-9(4-6-10)16-13(18)7-12-14(19)17-11(8-23-12)15(20)21/h3-6,11-12H,2,7-8H2,1H3,(H,16,18)(H,17,19)(H,20,21)/t11-,12+/m1/s1. The lowest BCUT2D eigenvalue weighted by Gasteiger charge is -2.25. The van der Waals surface area contributed by atoms with E-state index in [9.17, 15) is 14.4 Å². The lowest BCUT2D eigenvalue weighted by molar-refractivity contribution is -0.141. The van der Waals surface area contributed by atoms with Gasteiger partial charge in [-0.1, -0.05) is 0 Å². The zero-order valence-electron chi connectivity index (χ0n) is 12.6. The van der Waals surface area contributed by atoms with Gasteiger partial charge in [0.05, 0.1) is 11.9 Å². The van der Waals surface area contributed by atoms with Crippen LogP contribution in [0.2, 0.25) is 0 Å². The van der Waals surface area contributed by atoms with E-state index in [2.05, 4.69) is 10.6 Å². The molecular weight excluding hydrogens is 320 g/mol. The lowest BCUT2D eigenvalue weighted by Crippen LogP contribution is -2.51. The number of ether oxygens (including phenoxy) is 1. The maximum Gasteiger partial charge on any atom is 0.327 e. The first-order chi connectivity index (χ1) is 11.0. The third kappa shape index (κ3) is 4.88. The summed E-state index contributed by atoms with van der Waals surface area (Å²) in [7, 11) is 0. The number of aliphatic carboxylic acids is 1. The first-order valence-electron chi connectivity index (χ1n) is 7.17. The molecule has 1 fully saturated rings. The van der Waals surface area contributed by atoms with E-state index < -0.39 is 23.2 Å². The molecule has 0 aliphatic carbocycles. The van der Waals surface area contributed by atoms with E-state index in [1.165, 1.54) is 11.8 Å². The molecule has 23 heavy (non-hydrogen) atoms. The van der Waals surface area contributed by atoms with Crippen LogP contribution >= 0.6 is 11.8 Å². The van der Waals surface area contributed by atoms with Gasteiger partial charge in [-0.15, -0.1) is 11.8 Å². The maximum atomic E-state index is 12.0. The highest BCUT2D eigenvalue weighted by atomic mass is 32.2. The molecule has 2 rings (SSSR count). The molecule has 1 aromatic rings. The van der Waals surface area contributed by atoms with Crippen LogP contribution in [0.25, 0.3) is 0 Å². The number of rotatable bonds is 6. The van der Waals surface area contributed by atoms with Crippen LogP contribution in [0.5, 0.6) is 5.75 Å². The Morgan fingerprint density at radius 1 is 1.39 bits per heavy atom. The Bertz CT molecular complexity index is 590. The molecule has 2 atom stereocenters. The molecule has 0 aromatic heterocycles. The Morgan fingerprint density at radius 2 is 2.09 bits per heavy atom. The fourth-order valence-corrected chi connectivity index (χ4v) is 3.20. The van der Waals surface area contributed by atoms with Crippen molar-refractivity contribution in [1.29, 1.82) is 0 Å². The van der Waals surface area contributed by atoms with Gasteiger partial charge in [0.25, 0.3) is 0 Å². The second kappa shape index (κ2) is 7.87. The van der Waals surface area contributed by atoms with E-state index in [4.69, 9.17) is 9.84 Å². The zero-order valence-corrected chi connectivity index (χ0v) is 13.4. The van der Waals surface area contributed by atoms with Crippen molar-refractivity contribution in [3.8, 4) is 5.75 Å². The van der Waals surface area contributed by atoms with Crippen LogP contribution in [-0.4, -0.2) is 46.5 Å². The molecule has 3 N–H and O–H groups in total. The largest absolute Gasteiger partial charge is 0.494 e. The van der Waals surface area contributed by atoms with E-state index in [1.54, 1.807) is 24.3 Å². The molecule has 0 unspecified atom stereocenters. The lowest BCUT2D eigenvalue weighted by atomic mass is 10.2. The van der Waals surface area contributed by atoms with E-state index in [-0.39, 0.29) is 18.1 Å². The number of anilines is 1. The minimum atomic E-state index is -1.07. The molecule has 8 heteroatoms. The number of nitrogens with one attached hydrogen (secondary N) is 2. The van der Waals surface area contributed by atoms with Crippen molar-refractivity contribution in [2.45, 2.75) is 24.6 Å². The number of amides is 2. The molecule has 124 valence electrons. The molecule has 0 bridgehead atoms. The van der Waals surface area contributed by atoms with Crippen LogP contribution < -0.4 is 15.4 Å². The van der Waals surface area contributed by atoms with Crippen LogP contribution in [0.3, 0.4) is 0 Å². The highest BCUT2D eigenvalue weighted by molar-refractivity contribution is 8.00. The molecular formula is C15H18N2O5S. The Hall–Kier alpha value is -2.22. The van der Waals surface area contributed by atoms with Crippen molar-refractivity contribution in [2.24, 2.45) is 0 Å². The van der Waals surface area contributed by atoms with Crippen LogP contribution in [0, 0.1) is 0 Å². The van der Waals surface area contributed by atoms with Gasteiger partial charge in [-0.25, -0.2) is 4.79 Å². The van der Waals surface area contributed by atoms with E-state index in [0.717, 1.165) is 0 Å². The Kier molecular flexibility index (Phi) is 5.86. The number of thioether (sulfide) groups is 1. The highest BCUT2D eigenvalue weighted by Gasteiger charge is 2.33. The second-order valence-electron chi connectivity index (χ2n) is 4.93. The molecule has 2 amide bonds. The summed E-state index contributed by atoms with van der Waals surface area (Å²) < 4.78 is 5.31. The highest BCUT2D eigenvalue weighted by Crippen LogP contribution is 2.22. The van der Waals surface area contributed by atoms with E-state index in [0.29, 0.717) is 18.0 Å². The summed E-state index contributed by atoms with van der Waals surface area (Å²) in [4.78, 5) is 34.6. The third-order valence-electron chi connectivity index (χ3n) is 3.19. The van der Waals surface area contributed by atoms with Crippen molar-refractivity contribution in [2.75, 3.05) is 17.7 Å². The molecule has 1 aliphatic heterocycles. The quantitative estimate of drug-likeness (QED) is 0.717. The maximum absolute atomic E-state index is 12.0. The van der Waals surface area contributed by atoms with Gasteiger partial charge in [-0.3, -0.25) is 9.59 Å². The molecule has 1 heterocycles. The fourth-order valence-electron chi connectivity index (χ4n) is 2.06. The monoisotopic (exact) mass is 338 g/mol. The summed E-state index contributed by atoms with van der Waals surface area (Å²) in [5.74, 6) is -0.816. The Balaban J connectivity index is 1.85. The second-order valence-corrected chi connectivity index (χ2v) is 6.17. The minimum Gasteiger partial charge on any atom is -0.494 e. The number of hydrogen-bond donors (Lipinski definition) is 3. The van der Waals surface area contributed by atoms with Crippen molar-refractivity contribution >= 4 is 35.2 Å². The summed E-state index contributed by atoms with van der Waals surface area (Å²) in [5.41, 5.74) is 0.614. The predicted molar refractivity (Wildman–Crippen MR) is 86.7 cm³/mol. The van der Waals surface area contributed by atoms with Crippen molar-refractivity contribution in [3.05, 3.63) is 24.3 Å². The van der Waals surface area contributed by atoms with Gasteiger partial charge in [0.2, 0.25) is 11.8 Å². The summed E-state index contributed by atoms with van der Waals surface area (Å²) in [6.07, 6.45) is -0.00392. The Morgan fingerprint density at radius 3 is 2.65 bits per heavy atom. The summed E-state index contributed by atoms with van der Waals surface area (Å²) >= 11 is 1.18. The molecule has 1 aliphatic rings. The smallest absolute Gasteiger partial charge is 0.327 e. The van der Waals surface area contributed by atoms with Gasteiger partial charge in [0.1, 0.15) is 11.8 Å². The van der Waals surface area contributed by atoms with Crippen molar-refractivity contribution < 1.29 is 24.2 Å². The van der Waals surface area contributed by atoms with Crippen molar-refractivity contribution in [1.82, 2.24) is 5.32 Å². The predicted octanol–water partition coefficient (Wildman–Crippen LogP) is 1.10. The minimum absolute atomic E-state index is 0.00392. The topological polar surface area (TPSA) is 105 Å². The molecule has 1 saturated heterocycles. The number of hydrogen-bond acceptors (Lipinski definition) is 5. The van der Waals surface area contributed by atoms with Gasteiger partial charge in [-0.2, -0.15) is 0 Å². The van der Waals surface area contributed by atoms with Gasteiger partial charge in [-0.05, 0) is 31.2 Å². The van der Waals surface area contributed by atoms with Gasteiger partial charge in [0.15, 0.2) is 0 Å². The van der Waals surface area contributed by atoms with Gasteiger partial charge < -0.3 is 20.5 Å². The van der Waals surface area contributed by atoms with Crippen molar-refractivity contribution in [3.63, 3.8) is 0 Å². The molecule has 1 aromatic carbocycles. The van der Waals surface area contributed by atoms with Gasteiger partial charge >= 0.3 is 5.97 Å². The molecule has 0 radical (unpaired) electrons. The van der Waals surface area contributed by atoms with Crippen LogP contribution in [0.4, 0.5) is 5.69 Å². The summed E-state index contributed by atoms with van der Waals surface area (Å²) in [6.45, 7) is 2.45. The van der Waals surface area contributed by atoms with Gasteiger partial charge in [0, 0.05) is 17.9 Å². The number of carbonyl (C=O) groups is 3. The number of carboxylic acids is 1. The average Bonchev–Trinajstić information content (AvgIpc) is 2.51. The van der Waals surface area contributed by atoms with E-state index >= 15 is 0 Å². The van der Waals surface area contributed by atoms with Crippen LogP contribution in [0.15, 0.2) is 24.3 Å². The normalized spacial score (nSPS) is 20.5. The Labute approximate surface area is 137 Å². The van der Waals surface area contributed by atoms with Crippen LogP contribution in [0.1, 0.15) is 13.3 Å². The number of carboxylic acid groups (broad SMARTS) is 1. The SMILES string of the molecule is CCOc1ccc(NC(=O)C[C@@H]2SC[C@H](C(=O)O)NC2=O)cc1. The van der Waals surface area contributed by atoms with E-state index in [1.807, 2.05) is 6.92 Å². The fraction of sp³-hybridized carbons (Fsp3) is 0.400. The van der Waals surface area contributed by atoms with Crippen LogP contribution in [-0.2, 0) is 14.4 Å². The molecule has 0 saturated carbocycles. The summed E-state index contributed by atoms with van der Waals surface area (Å²) in [5, 5.41) is 13.4. The number of carbonyl (C=O) groups excluding carboxylic acids is 2. The molecule has 7 nitrogen and oxygen atoms in total. The third-order valence-corrected chi connectivity index (χ3v) is 4.50.